The number of nitrogens with zero attached hydrogens (tertiary/aromatic N) is 1. The van der Waals surface area contributed by atoms with Crippen molar-refractivity contribution in [3.63, 3.8) is 0 Å². The Kier molecular flexibility index (Phi) is 3.23. The van der Waals surface area contributed by atoms with Gasteiger partial charge in [-0.2, -0.15) is 0 Å². The molecule has 1 aliphatic heterocycles. The van der Waals surface area contributed by atoms with Gasteiger partial charge in [0, 0.05) is 0 Å². The fraction of sp³-hybridized carbons (Fsp3) is 0.250. The predicted octanol–water partition coefficient (Wildman–Crippen LogP) is -2.02. The Morgan fingerprint density at radius 2 is 2.36 bits per heavy atom. The minimum atomic E-state index is -1.59. The van der Waals surface area contributed by atoms with E-state index in [1.807, 2.05) is 0 Å². The van der Waals surface area contributed by atoms with Crippen molar-refractivity contribution in [3.8, 4) is 0 Å². The summed E-state index contributed by atoms with van der Waals surface area (Å²) < 4.78 is 0. The minimum Gasteiger partial charge on any atom is -0.391 e. The molecule has 0 spiro atoms. The SMILES string of the molecule is NC1=C=C=C(C(=O)NCC(O)O)N=C1. The molecule has 0 bridgehead atoms. The van der Waals surface area contributed by atoms with Crippen LogP contribution in [0.5, 0.6) is 0 Å². The molecule has 0 aromatic carbocycles. The van der Waals surface area contributed by atoms with Gasteiger partial charge in [0.25, 0.3) is 5.91 Å². The second-order valence-corrected chi connectivity index (χ2v) is 2.50. The lowest BCUT2D eigenvalue weighted by Gasteiger charge is -2.05. The third kappa shape index (κ3) is 2.90. The quantitative estimate of drug-likeness (QED) is 0.308. The number of nitrogens with one attached hydrogen (secondary N) is 1. The van der Waals surface area contributed by atoms with Crippen LogP contribution in [0.2, 0.25) is 0 Å². The molecule has 0 saturated carbocycles. The number of carbonyl (C=O) groups is 1. The lowest BCUT2D eigenvalue weighted by molar-refractivity contribution is -0.119. The van der Waals surface area contributed by atoms with Crippen LogP contribution in [0.15, 0.2) is 27.8 Å². The molecular weight excluding hydrogens is 186 g/mol. The average Bonchev–Trinajstić information content (AvgIpc) is 2.15. The van der Waals surface area contributed by atoms with E-state index in [1.54, 1.807) is 0 Å². The van der Waals surface area contributed by atoms with Crippen molar-refractivity contribution in [1.82, 2.24) is 5.32 Å². The summed E-state index contributed by atoms with van der Waals surface area (Å²) in [7, 11) is 0. The van der Waals surface area contributed by atoms with Gasteiger partial charge in [-0.1, -0.05) is 0 Å². The number of carbonyl (C=O) groups excluding carboxylic acids is 1. The number of rotatable bonds is 3. The normalized spacial score (nSPS) is 13.9. The van der Waals surface area contributed by atoms with Crippen molar-refractivity contribution in [2.45, 2.75) is 6.29 Å². The van der Waals surface area contributed by atoms with Crippen LogP contribution < -0.4 is 11.1 Å². The molecule has 6 heteroatoms. The van der Waals surface area contributed by atoms with E-state index in [9.17, 15) is 4.79 Å². The summed E-state index contributed by atoms with van der Waals surface area (Å²) >= 11 is 0. The molecule has 1 heterocycles. The molecular formula is C8H9N3O3. The summed E-state index contributed by atoms with van der Waals surface area (Å²) in [6.45, 7) is -0.265. The number of aliphatic hydroxyl groups excluding tert-OH is 1. The van der Waals surface area contributed by atoms with Crippen LogP contribution in [0.4, 0.5) is 0 Å². The number of nitrogens with two attached hydrogens (primary N) is 1. The zero-order valence-electron chi connectivity index (χ0n) is 7.19. The topological polar surface area (TPSA) is 108 Å². The molecule has 0 aliphatic carbocycles. The monoisotopic (exact) mass is 195 g/mol. The molecule has 0 fully saturated rings. The van der Waals surface area contributed by atoms with Crippen molar-refractivity contribution in [3.05, 3.63) is 22.9 Å². The van der Waals surface area contributed by atoms with Crippen LogP contribution in [0.3, 0.4) is 0 Å². The number of amides is 1. The van der Waals surface area contributed by atoms with E-state index in [1.165, 1.54) is 6.21 Å². The summed E-state index contributed by atoms with van der Waals surface area (Å²) in [5.74, 6) is -0.561. The van der Waals surface area contributed by atoms with Crippen LogP contribution in [0.25, 0.3) is 0 Å². The van der Waals surface area contributed by atoms with Gasteiger partial charge in [-0.05, 0) is 11.5 Å². The molecule has 0 aromatic rings. The van der Waals surface area contributed by atoms with Gasteiger partial charge in [0.05, 0.1) is 12.8 Å². The van der Waals surface area contributed by atoms with Gasteiger partial charge in [0.15, 0.2) is 12.0 Å². The molecule has 6 nitrogen and oxygen atoms in total. The lowest BCUT2D eigenvalue weighted by atomic mass is 10.3. The second kappa shape index (κ2) is 4.41. The fourth-order valence-electron chi connectivity index (χ4n) is 0.713. The third-order valence-electron chi connectivity index (χ3n) is 1.32. The Hall–Kier alpha value is -1.84. The first kappa shape index (κ1) is 10.2. The Bertz CT molecular complexity index is 371. The van der Waals surface area contributed by atoms with Crippen molar-refractivity contribution < 1.29 is 15.0 Å². The summed E-state index contributed by atoms with van der Waals surface area (Å²) in [6, 6.07) is 0. The molecule has 74 valence electrons. The zero-order valence-corrected chi connectivity index (χ0v) is 7.19. The van der Waals surface area contributed by atoms with E-state index in [0.29, 0.717) is 0 Å². The van der Waals surface area contributed by atoms with E-state index < -0.39 is 12.2 Å². The smallest absolute Gasteiger partial charge is 0.278 e. The van der Waals surface area contributed by atoms with Crippen LogP contribution in [0.1, 0.15) is 0 Å². The second-order valence-electron chi connectivity index (χ2n) is 2.50. The lowest BCUT2D eigenvalue weighted by Crippen LogP contribution is -2.32. The van der Waals surface area contributed by atoms with E-state index in [0.717, 1.165) is 0 Å². The standard InChI is InChI=1S/C8H9N3O3/c9-5-1-2-6(10-3-5)8(14)11-4-7(12)13/h3,7,12-13H,4,9H2,(H,11,14). The van der Waals surface area contributed by atoms with E-state index >= 15 is 0 Å². The van der Waals surface area contributed by atoms with Crippen LogP contribution in [-0.4, -0.2) is 35.2 Å². The zero-order chi connectivity index (χ0) is 10.6. The molecule has 0 radical (unpaired) electrons. The maximum atomic E-state index is 11.2. The highest BCUT2D eigenvalue weighted by Gasteiger charge is 2.09. The highest BCUT2D eigenvalue weighted by Crippen LogP contribution is 1.97. The number of hydrogen-bond acceptors (Lipinski definition) is 5. The molecule has 1 aliphatic rings. The first-order chi connectivity index (χ1) is 6.59. The molecule has 0 saturated heterocycles. The van der Waals surface area contributed by atoms with Gasteiger partial charge in [0.1, 0.15) is 5.70 Å². The largest absolute Gasteiger partial charge is 0.391 e. The first-order valence-corrected chi connectivity index (χ1v) is 3.79. The number of allylic oxidation sites excluding steroid dienone is 1. The molecule has 1 rings (SSSR count). The van der Waals surface area contributed by atoms with Gasteiger partial charge >= 0.3 is 0 Å². The summed E-state index contributed by atoms with van der Waals surface area (Å²) in [4.78, 5) is 14.8. The van der Waals surface area contributed by atoms with E-state index in [4.69, 9.17) is 15.9 Å². The fourth-order valence-corrected chi connectivity index (χ4v) is 0.713. The van der Waals surface area contributed by atoms with Crippen LogP contribution >= 0.6 is 0 Å². The van der Waals surface area contributed by atoms with Gasteiger partial charge < -0.3 is 21.3 Å². The third-order valence-corrected chi connectivity index (χ3v) is 1.32. The van der Waals surface area contributed by atoms with Crippen LogP contribution in [-0.2, 0) is 4.79 Å². The number of aliphatic imine (C=N–C) groups is 1. The highest BCUT2D eigenvalue weighted by molar-refractivity contribution is 5.96. The van der Waals surface area contributed by atoms with Crippen LogP contribution in [0, 0.1) is 0 Å². The molecule has 0 aromatic heterocycles. The predicted molar refractivity (Wildman–Crippen MR) is 48.0 cm³/mol. The Morgan fingerprint density at radius 1 is 1.64 bits per heavy atom. The highest BCUT2D eigenvalue weighted by atomic mass is 16.5. The average molecular weight is 195 g/mol. The Balaban J connectivity index is 2.64. The van der Waals surface area contributed by atoms with E-state index in [-0.39, 0.29) is 17.9 Å². The van der Waals surface area contributed by atoms with Crippen molar-refractivity contribution in [1.29, 1.82) is 0 Å². The number of hydrogen-bond donors (Lipinski definition) is 4. The molecule has 0 atom stereocenters. The van der Waals surface area contributed by atoms with Crippen molar-refractivity contribution in [2.75, 3.05) is 6.54 Å². The summed E-state index contributed by atoms with van der Waals surface area (Å²) in [5.41, 5.74) is 10.5. The maximum absolute atomic E-state index is 11.2. The summed E-state index contributed by atoms with van der Waals surface area (Å²) in [6.07, 6.45) is -0.322. The molecule has 5 N–H and O–H groups in total. The molecule has 0 unspecified atom stereocenters. The van der Waals surface area contributed by atoms with Gasteiger partial charge in [0.2, 0.25) is 0 Å². The maximum Gasteiger partial charge on any atom is 0.278 e. The van der Waals surface area contributed by atoms with Gasteiger partial charge in [-0.15, -0.1) is 0 Å². The Morgan fingerprint density at radius 3 is 2.86 bits per heavy atom. The van der Waals surface area contributed by atoms with Crippen molar-refractivity contribution in [2.24, 2.45) is 10.7 Å². The van der Waals surface area contributed by atoms with Crippen molar-refractivity contribution >= 4 is 12.1 Å². The molecule has 1 amide bonds. The first-order valence-electron chi connectivity index (χ1n) is 3.79. The summed E-state index contributed by atoms with van der Waals surface area (Å²) in [5, 5.41) is 19.2. The van der Waals surface area contributed by atoms with Gasteiger partial charge in [-0.25, -0.2) is 4.99 Å². The van der Waals surface area contributed by atoms with Gasteiger partial charge in [-0.3, -0.25) is 4.79 Å². The number of aliphatic hydroxyl groups is 2. The van der Waals surface area contributed by atoms with E-state index in [2.05, 4.69) is 21.8 Å². The minimum absolute atomic E-state index is 0.000139. The Labute approximate surface area is 79.8 Å². The molecule has 14 heavy (non-hydrogen) atoms.